The monoisotopic (exact) mass is 297 g/mol. The normalized spacial score (nSPS) is 26.9. The van der Waals surface area contributed by atoms with Crippen LogP contribution in [0.5, 0.6) is 0 Å². The number of amides is 2. The van der Waals surface area contributed by atoms with Gasteiger partial charge in [0.15, 0.2) is 0 Å². The molecular weight excluding hydrogens is 270 g/mol. The number of carbonyl (C=O) groups excluding carboxylic acids is 2. The van der Waals surface area contributed by atoms with Crippen molar-refractivity contribution >= 4 is 11.8 Å². The number of nitrogens with one attached hydrogen (secondary N) is 2. The van der Waals surface area contributed by atoms with Crippen LogP contribution in [0.1, 0.15) is 33.1 Å². The molecule has 2 fully saturated rings. The predicted octanol–water partition coefficient (Wildman–Crippen LogP) is 0.128. The summed E-state index contributed by atoms with van der Waals surface area (Å²) in [5.41, 5.74) is 0. The average molecular weight is 297 g/mol. The highest BCUT2D eigenvalue weighted by Crippen LogP contribution is 2.20. The Bertz CT molecular complexity index is 367. The minimum atomic E-state index is -0.0632. The van der Waals surface area contributed by atoms with Gasteiger partial charge in [0.05, 0.1) is 19.1 Å². The Morgan fingerprint density at radius 2 is 1.90 bits per heavy atom. The molecule has 2 saturated heterocycles. The Balaban J connectivity index is 1.81. The molecule has 21 heavy (non-hydrogen) atoms. The zero-order chi connectivity index (χ0) is 15.2. The van der Waals surface area contributed by atoms with Crippen molar-refractivity contribution < 1.29 is 14.3 Å². The SMILES string of the molecule is CCNC1COCC1C(=O)N1CCC(NC(=O)CC)CC1. The number of likely N-dealkylation sites (N-methyl/N-ethyl adjacent to an activating group) is 1. The van der Waals surface area contributed by atoms with Crippen LogP contribution >= 0.6 is 0 Å². The standard InChI is InChI=1S/C15H27N3O3/c1-3-14(19)17-11-5-7-18(8-6-11)15(20)12-9-21-10-13(12)16-4-2/h11-13,16H,3-10H2,1-2H3,(H,17,19). The Labute approximate surface area is 126 Å². The lowest BCUT2D eigenvalue weighted by Gasteiger charge is -2.34. The van der Waals surface area contributed by atoms with E-state index in [2.05, 4.69) is 10.6 Å². The molecule has 0 aromatic heterocycles. The van der Waals surface area contributed by atoms with Crippen molar-refractivity contribution in [3.05, 3.63) is 0 Å². The average Bonchev–Trinajstić information content (AvgIpc) is 2.96. The topological polar surface area (TPSA) is 70.7 Å². The van der Waals surface area contributed by atoms with Crippen molar-refractivity contribution in [1.29, 1.82) is 0 Å². The molecule has 0 aliphatic carbocycles. The van der Waals surface area contributed by atoms with Crippen LogP contribution in [0.15, 0.2) is 0 Å². The Morgan fingerprint density at radius 1 is 1.19 bits per heavy atom. The molecule has 0 aromatic rings. The second kappa shape index (κ2) is 7.75. The van der Waals surface area contributed by atoms with E-state index in [9.17, 15) is 9.59 Å². The molecule has 2 atom stereocenters. The third-order valence-corrected chi connectivity index (χ3v) is 4.36. The van der Waals surface area contributed by atoms with Gasteiger partial charge in [0.2, 0.25) is 11.8 Å². The van der Waals surface area contributed by atoms with E-state index in [1.165, 1.54) is 0 Å². The summed E-state index contributed by atoms with van der Waals surface area (Å²) in [6.45, 7) is 7.33. The van der Waals surface area contributed by atoms with E-state index >= 15 is 0 Å². The van der Waals surface area contributed by atoms with Gasteiger partial charge in [0.1, 0.15) is 0 Å². The van der Waals surface area contributed by atoms with Gasteiger partial charge in [-0.2, -0.15) is 0 Å². The van der Waals surface area contributed by atoms with Crippen LogP contribution in [0, 0.1) is 5.92 Å². The molecule has 0 radical (unpaired) electrons. The van der Waals surface area contributed by atoms with Gasteiger partial charge in [-0.25, -0.2) is 0 Å². The largest absolute Gasteiger partial charge is 0.379 e. The first-order valence-corrected chi connectivity index (χ1v) is 8.05. The van der Waals surface area contributed by atoms with Gasteiger partial charge in [0, 0.05) is 31.6 Å². The summed E-state index contributed by atoms with van der Waals surface area (Å²) in [6.07, 6.45) is 2.21. The maximum absolute atomic E-state index is 12.6. The molecule has 2 N–H and O–H groups in total. The lowest BCUT2D eigenvalue weighted by molar-refractivity contribution is -0.137. The smallest absolute Gasteiger partial charge is 0.229 e. The highest BCUT2D eigenvalue weighted by atomic mass is 16.5. The van der Waals surface area contributed by atoms with E-state index in [0.717, 1.165) is 32.5 Å². The summed E-state index contributed by atoms with van der Waals surface area (Å²) in [6, 6.07) is 0.353. The highest BCUT2D eigenvalue weighted by Gasteiger charge is 2.37. The summed E-state index contributed by atoms with van der Waals surface area (Å²) < 4.78 is 5.46. The van der Waals surface area contributed by atoms with Gasteiger partial charge >= 0.3 is 0 Å². The van der Waals surface area contributed by atoms with Crippen LogP contribution in [-0.2, 0) is 14.3 Å². The fraction of sp³-hybridized carbons (Fsp3) is 0.867. The van der Waals surface area contributed by atoms with Crippen molar-refractivity contribution in [3.8, 4) is 0 Å². The number of ether oxygens (including phenoxy) is 1. The number of likely N-dealkylation sites (tertiary alicyclic amines) is 1. The molecule has 2 aliphatic heterocycles. The number of hydrogen-bond donors (Lipinski definition) is 2. The van der Waals surface area contributed by atoms with E-state index in [1.54, 1.807) is 0 Å². The van der Waals surface area contributed by atoms with Gasteiger partial charge in [-0.3, -0.25) is 9.59 Å². The summed E-state index contributed by atoms with van der Waals surface area (Å²) in [5, 5.41) is 6.34. The van der Waals surface area contributed by atoms with Crippen LogP contribution in [0.4, 0.5) is 0 Å². The first-order chi connectivity index (χ1) is 10.2. The molecule has 2 aliphatic rings. The molecule has 6 nitrogen and oxygen atoms in total. The van der Waals surface area contributed by atoms with Crippen molar-refractivity contribution in [2.24, 2.45) is 5.92 Å². The van der Waals surface area contributed by atoms with Crippen molar-refractivity contribution in [2.45, 2.75) is 45.2 Å². The van der Waals surface area contributed by atoms with E-state index in [4.69, 9.17) is 4.74 Å². The second-order valence-corrected chi connectivity index (χ2v) is 5.83. The highest BCUT2D eigenvalue weighted by molar-refractivity contribution is 5.80. The number of hydrogen-bond acceptors (Lipinski definition) is 4. The van der Waals surface area contributed by atoms with Crippen molar-refractivity contribution in [3.63, 3.8) is 0 Å². The van der Waals surface area contributed by atoms with E-state index in [1.807, 2.05) is 18.7 Å². The molecule has 2 heterocycles. The molecule has 6 heteroatoms. The molecule has 0 bridgehead atoms. The summed E-state index contributed by atoms with van der Waals surface area (Å²) >= 11 is 0. The lowest BCUT2D eigenvalue weighted by atomic mass is 9.98. The molecule has 2 rings (SSSR count). The maximum atomic E-state index is 12.6. The van der Waals surface area contributed by atoms with Gasteiger partial charge in [-0.05, 0) is 19.4 Å². The fourth-order valence-corrected chi connectivity index (χ4v) is 3.07. The Morgan fingerprint density at radius 3 is 2.52 bits per heavy atom. The number of rotatable bonds is 5. The van der Waals surface area contributed by atoms with Crippen LogP contribution in [0.25, 0.3) is 0 Å². The number of carbonyl (C=O) groups is 2. The molecule has 2 amide bonds. The van der Waals surface area contributed by atoms with Gasteiger partial charge in [-0.1, -0.05) is 13.8 Å². The summed E-state index contributed by atoms with van der Waals surface area (Å²) in [7, 11) is 0. The van der Waals surface area contributed by atoms with E-state index in [-0.39, 0.29) is 29.8 Å². The van der Waals surface area contributed by atoms with Gasteiger partial charge in [0.25, 0.3) is 0 Å². The number of nitrogens with zero attached hydrogens (tertiary/aromatic N) is 1. The Hall–Kier alpha value is -1.14. The first-order valence-electron chi connectivity index (χ1n) is 8.05. The third-order valence-electron chi connectivity index (χ3n) is 4.36. The van der Waals surface area contributed by atoms with Crippen LogP contribution in [-0.4, -0.2) is 61.6 Å². The summed E-state index contributed by atoms with van der Waals surface area (Å²) in [5.74, 6) is 0.224. The number of piperidine rings is 1. The molecule has 2 unspecified atom stereocenters. The first kappa shape index (κ1) is 16.2. The minimum Gasteiger partial charge on any atom is -0.379 e. The van der Waals surface area contributed by atoms with E-state index in [0.29, 0.717) is 19.6 Å². The molecule has 0 spiro atoms. The fourth-order valence-electron chi connectivity index (χ4n) is 3.07. The maximum Gasteiger partial charge on any atom is 0.229 e. The Kier molecular flexibility index (Phi) is 5.99. The summed E-state index contributed by atoms with van der Waals surface area (Å²) in [4.78, 5) is 25.9. The van der Waals surface area contributed by atoms with Crippen LogP contribution in [0.2, 0.25) is 0 Å². The van der Waals surface area contributed by atoms with Gasteiger partial charge in [-0.15, -0.1) is 0 Å². The molecule has 120 valence electrons. The van der Waals surface area contributed by atoms with Crippen LogP contribution < -0.4 is 10.6 Å². The zero-order valence-corrected chi connectivity index (χ0v) is 13.1. The lowest BCUT2D eigenvalue weighted by Crippen LogP contribution is -2.51. The van der Waals surface area contributed by atoms with Crippen LogP contribution in [0.3, 0.4) is 0 Å². The van der Waals surface area contributed by atoms with Crippen molar-refractivity contribution in [2.75, 3.05) is 32.8 Å². The quantitative estimate of drug-likeness (QED) is 0.757. The molecule has 0 aromatic carbocycles. The van der Waals surface area contributed by atoms with Crippen molar-refractivity contribution in [1.82, 2.24) is 15.5 Å². The second-order valence-electron chi connectivity index (χ2n) is 5.83. The van der Waals surface area contributed by atoms with E-state index < -0.39 is 0 Å². The van der Waals surface area contributed by atoms with Gasteiger partial charge < -0.3 is 20.3 Å². The predicted molar refractivity (Wildman–Crippen MR) is 79.8 cm³/mol. The molecule has 0 saturated carbocycles. The molecular formula is C15H27N3O3. The third kappa shape index (κ3) is 4.17. The zero-order valence-electron chi connectivity index (χ0n) is 13.1. The minimum absolute atomic E-state index is 0.0632.